The van der Waals surface area contributed by atoms with Crippen molar-refractivity contribution in [2.24, 2.45) is 0 Å². The average Bonchev–Trinajstić information content (AvgIpc) is 2.18. The number of para-hydroxylation sites is 1. The van der Waals surface area contributed by atoms with Crippen LogP contribution in [0.15, 0.2) is 24.3 Å². The third-order valence-corrected chi connectivity index (χ3v) is 1.95. The summed E-state index contributed by atoms with van der Waals surface area (Å²) in [4.78, 5) is 22.5. The van der Waals surface area contributed by atoms with Gasteiger partial charge in [0.1, 0.15) is 0 Å². The number of hydrogen-bond donors (Lipinski definition) is 2. The number of hydrogen-bond acceptors (Lipinski definition) is 3. The van der Waals surface area contributed by atoms with Gasteiger partial charge in [-0.2, -0.15) is 0 Å². The maximum Gasteiger partial charge on any atom is 0.271 e. The summed E-state index contributed by atoms with van der Waals surface area (Å²) in [7, 11) is 1.47. The lowest BCUT2D eigenvalue weighted by Crippen LogP contribution is -2.42. The number of nitrogens with one attached hydrogen (secondary N) is 1. The number of nitrogen functional groups attached to an aromatic ring is 1. The first-order valence-corrected chi connectivity index (χ1v) is 4.42. The molecule has 0 aromatic heterocycles. The Morgan fingerprint density at radius 2 is 1.93 bits per heavy atom. The van der Waals surface area contributed by atoms with Gasteiger partial charge in [0.05, 0.1) is 5.56 Å². The minimum atomic E-state index is -0.397. The summed E-state index contributed by atoms with van der Waals surface area (Å²) in [5.41, 5.74) is 8.74. The highest BCUT2D eigenvalue weighted by molar-refractivity contribution is 5.99. The molecule has 5 nitrogen and oxygen atoms in total. The molecular formula is C10H13N3O2. The van der Waals surface area contributed by atoms with Gasteiger partial charge in [-0.05, 0) is 12.1 Å². The molecule has 0 radical (unpaired) electrons. The van der Waals surface area contributed by atoms with Crippen LogP contribution >= 0.6 is 0 Å². The summed E-state index contributed by atoms with van der Waals surface area (Å²) in [5, 5.41) is 1.11. The lowest BCUT2D eigenvalue weighted by molar-refractivity contribution is -0.129. The van der Waals surface area contributed by atoms with Crippen molar-refractivity contribution < 1.29 is 9.59 Å². The summed E-state index contributed by atoms with van der Waals surface area (Å²) >= 11 is 0. The molecule has 0 fully saturated rings. The predicted molar refractivity (Wildman–Crippen MR) is 56.8 cm³/mol. The average molecular weight is 207 g/mol. The summed E-state index contributed by atoms with van der Waals surface area (Å²) < 4.78 is 0. The molecule has 15 heavy (non-hydrogen) atoms. The lowest BCUT2D eigenvalue weighted by atomic mass is 10.2. The Labute approximate surface area is 87.8 Å². The zero-order valence-corrected chi connectivity index (χ0v) is 8.65. The minimum Gasteiger partial charge on any atom is -0.398 e. The molecular weight excluding hydrogens is 194 g/mol. The van der Waals surface area contributed by atoms with Crippen LogP contribution < -0.4 is 11.2 Å². The van der Waals surface area contributed by atoms with Gasteiger partial charge in [-0.25, -0.2) is 0 Å². The Kier molecular flexibility index (Phi) is 3.28. The molecule has 1 aromatic carbocycles. The van der Waals surface area contributed by atoms with Crippen molar-refractivity contribution in [2.75, 3.05) is 12.8 Å². The van der Waals surface area contributed by atoms with E-state index in [9.17, 15) is 9.59 Å². The number of anilines is 1. The molecule has 0 unspecified atom stereocenters. The molecule has 0 aliphatic carbocycles. The summed E-state index contributed by atoms with van der Waals surface area (Å²) in [6.07, 6.45) is 0. The fourth-order valence-corrected chi connectivity index (χ4v) is 0.995. The van der Waals surface area contributed by atoms with Gasteiger partial charge in [0.15, 0.2) is 0 Å². The Bertz CT molecular complexity index is 390. The first kappa shape index (κ1) is 11.0. The number of benzene rings is 1. The van der Waals surface area contributed by atoms with Gasteiger partial charge < -0.3 is 5.73 Å². The maximum atomic E-state index is 11.6. The van der Waals surface area contributed by atoms with Crippen molar-refractivity contribution >= 4 is 17.5 Å². The smallest absolute Gasteiger partial charge is 0.271 e. The molecule has 0 bridgehead atoms. The minimum absolute atomic E-state index is 0.252. The van der Waals surface area contributed by atoms with E-state index in [-0.39, 0.29) is 5.91 Å². The molecule has 2 amide bonds. The van der Waals surface area contributed by atoms with Crippen LogP contribution in [0.2, 0.25) is 0 Å². The topological polar surface area (TPSA) is 75.4 Å². The van der Waals surface area contributed by atoms with Crippen molar-refractivity contribution in [3.8, 4) is 0 Å². The van der Waals surface area contributed by atoms with Gasteiger partial charge in [-0.1, -0.05) is 12.1 Å². The van der Waals surface area contributed by atoms with Gasteiger partial charge in [-0.3, -0.25) is 20.0 Å². The molecule has 0 saturated heterocycles. The van der Waals surface area contributed by atoms with Crippen LogP contribution in [-0.2, 0) is 4.79 Å². The van der Waals surface area contributed by atoms with Crippen molar-refractivity contribution in [2.45, 2.75) is 6.92 Å². The Morgan fingerprint density at radius 3 is 2.47 bits per heavy atom. The standard InChI is InChI=1S/C10H13N3O2/c1-7(14)13(2)12-10(15)8-5-3-4-6-9(8)11/h3-6H,11H2,1-2H3,(H,12,15). The first-order valence-electron chi connectivity index (χ1n) is 4.42. The third kappa shape index (κ3) is 2.70. The van der Waals surface area contributed by atoms with Crippen molar-refractivity contribution in [1.29, 1.82) is 0 Å². The maximum absolute atomic E-state index is 11.6. The molecule has 0 spiro atoms. The number of nitrogens with zero attached hydrogens (tertiary/aromatic N) is 1. The van der Waals surface area contributed by atoms with Crippen molar-refractivity contribution in [1.82, 2.24) is 10.4 Å². The number of amides is 2. The van der Waals surface area contributed by atoms with E-state index in [1.54, 1.807) is 24.3 Å². The molecule has 1 rings (SSSR count). The normalized spacial score (nSPS) is 9.47. The number of carbonyl (C=O) groups excluding carboxylic acids is 2. The molecule has 0 aliphatic rings. The Hall–Kier alpha value is -2.04. The van der Waals surface area contributed by atoms with E-state index in [4.69, 9.17) is 5.73 Å². The summed E-state index contributed by atoms with van der Waals surface area (Å²) in [6, 6.07) is 6.67. The molecule has 0 atom stereocenters. The fraction of sp³-hybridized carbons (Fsp3) is 0.200. The highest BCUT2D eigenvalue weighted by Crippen LogP contribution is 2.09. The van der Waals surface area contributed by atoms with E-state index in [1.807, 2.05) is 0 Å². The largest absolute Gasteiger partial charge is 0.398 e. The Balaban J connectivity index is 2.78. The SMILES string of the molecule is CC(=O)N(C)NC(=O)c1ccccc1N. The van der Waals surface area contributed by atoms with E-state index >= 15 is 0 Å². The van der Waals surface area contributed by atoms with Crippen LogP contribution in [0.4, 0.5) is 5.69 Å². The zero-order valence-electron chi connectivity index (χ0n) is 8.65. The van der Waals surface area contributed by atoms with Gasteiger partial charge >= 0.3 is 0 Å². The quantitative estimate of drug-likeness (QED) is 0.516. The van der Waals surface area contributed by atoms with Crippen LogP contribution in [-0.4, -0.2) is 23.9 Å². The van der Waals surface area contributed by atoms with E-state index < -0.39 is 5.91 Å². The molecule has 0 heterocycles. The predicted octanol–water partition coefficient (Wildman–Crippen LogP) is 0.392. The van der Waals surface area contributed by atoms with Gasteiger partial charge in [0.25, 0.3) is 5.91 Å². The monoisotopic (exact) mass is 207 g/mol. The van der Waals surface area contributed by atoms with Crippen LogP contribution in [0.5, 0.6) is 0 Å². The number of nitrogens with two attached hydrogens (primary N) is 1. The highest BCUT2D eigenvalue weighted by atomic mass is 16.2. The second-order valence-electron chi connectivity index (χ2n) is 3.11. The molecule has 5 heteroatoms. The van der Waals surface area contributed by atoms with E-state index in [1.165, 1.54) is 14.0 Å². The van der Waals surface area contributed by atoms with E-state index in [0.29, 0.717) is 11.3 Å². The second kappa shape index (κ2) is 4.45. The van der Waals surface area contributed by atoms with E-state index in [2.05, 4.69) is 5.43 Å². The van der Waals surface area contributed by atoms with Gasteiger partial charge in [-0.15, -0.1) is 0 Å². The second-order valence-corrected chi connectivity index (χ2v) is 3.11. The van der Waals surface area contributed by atoms with Gasteiger partial charge in [0, 0.05) is 19.7 Å². The van der Waals surface area contributed by atoms with Crippen LogP contribution in [0.3, 0.4) is 0 Å². The van der Waals surface area contributed by atoms with Crippen LogP contribution in [0.25, 0.3) is 0 Å². The molecule has 0 saturated carbocycles. The fourth-order valence-electron chi connectivity index (χ4n) is 0.995. The summed E-state index contributed by atoms with van der Waals surface area (Å²) in [5.74, 6) is -0.649. The van der Waals surface area contributed by atoms with E-state index in [0.717, 1.165) is 5.01 Å². The molecule has 0 aliphatic heterocycles. The molecule has 1 aromatic rings. The first-order chi connectivity index (χ1) is 7.02. The number of carbonyl (C=O) groups is 2. The molecule has 3 N–H and O–H groups in total. The van der Waals surface area contributed by atoms with Crippen LogP contribution in [0, 0.1) is 0 Å². The number of hydrazine groups is 1. The zero-order chi connectivity index (χ0) is 11.4. The van der Waals surface area contributed by atoms with Gasteiger partial charge in [0.2, 0.25) is 5.91 Å². The number of rotatable bonds is 1. The van der Waals surface area contributed by atoms with Crippen molar-refractivity contribution in [3.05, 3.63) is 29.8 Å². The third-order valence-electron chi connectivity index (χ3n) is 1.95. The summed E-state index contributed by atoms with van der Waals surface area (Å²) in [6.45, 7) is 1.36. The van der Waals surface area contributed by atoms with Crippen LogP contribution in [0.1, 0.15) is 17.3 Å². The van der Waals surface area contributed by atoms with Crippen molar-refractivity contribution in [3.63, 3.8) is 0 Å². The Morgan fingerprint density at radius 1 is 1.33 bits per heavy atom. The lowest BCUT2D eigenvalue weighted by Gasteiger charge is -2.16. The highest BCUT2D eigenvalue weighted by Gasteiger charge is 2.11. The molecule has 80 valence electrons.